The summed E-state index contributed by atoms with van der Waals surface area (Å²) in [6.45, 7) is 8.79. The molecule has 1 aliphatic carbocycles. The van der Waals surface area contributed by atoms with Crippen molar-refractivity contribution in [1.82, 2.24) is 0 Å². The van der Waals surface area contributed by atoms with Crippen LogP contribution in [0, 0.1) is 13.8 Å². The van der Waals surface area contributed by atoms with E-state index >= 15 is 0 Å². The van der Waals surface area contributed by atoms with E-state index in [2.05, 4.69) is 75.7 Å². The van der Waals surface area contributed by atoms with Crippen LogP contribution in [0.3, 0.4) is 0 Å². The van der Waals surface area contributed by atoms with Crippen LogP contribution < -0.4 is 4.57 Å². The summed E-state index contributed by atoms with van der Waals surface area (Å²) in [7, 11) is 2.11. The molecule has 1 heterocycles. The summed E-state index contributed by atoms with van der Waals surface area (Å²) >= 11 is 0. The van der Waals surface area contributed by atoms with Crippen molar-refractivity contribution in [3.8, 4) is 11.3 Å². The molecular weight excluding hydrogens is 338 g/mol. The highest BCUT2D eigenvalue weighted by atomic mass is 14.9. The Morgan fingerprint density at radius 2 is 1.75 bits per heavy atom. The van der Waals surface area contributed by atoms with Crippen LogP contribution in [0.4, 0.5) is 0 Å². The Morgan fingerprint density at radius 3 is 2.46 bits per heavy atom. The van der Waals surface area contributed by atoms with Gasteiger partial charge in [-0.25, -0.2) is 0 Å². The van der Waals surface area contributed by atoms with E-state index in [1.807, 2.05) is 0 Å². The zero-order chi connectivity index (χ0) is 20.7. The minimum atomic E-state index is 0.500. The number of hydrogen-bond acceptors (Lipinski definition) is 0. The standard InChI is InChI=1S/C27H34N/c1-18(2)22-12-11-19(3)26(17-22)27-25-14-13-23(21-9-7-6-8-10-21)16-24(25)15-20(4)28(27)5/h11-18,21H,6-10H2,1-5H3/q+1/i15D. The van der Waals surface area contributed by atoms with Gasteiger partial charge in [0.15, 0.2) is 5.69 Å². The number of rotatable bonds is 3. The van der Waals surface area contributed by atoms with E-state index in [1.54, 1.807) is 0 Å². The zero-order valence-electron chi connectivity index (χ0n) is 19.1. The fourth-order valence-electron chi connectivity index (χ4n) is 4.77. The normalized spacial score (nSPS) is 16.0. The lowest BCUT2D eigenvalue weighted by Crippen LogP contribution is -2.35. The Balaban J connectivity index is 1.96. The van der Waals surface area contributed by atoms with Crippen LogP contribution in [-0.2, 0) is 7.05 Å². The summed E-state index contributed by atoms with van der Waals surface area (Å²) in [5.41, 5.74) is 7.64. The van der Waals surface area contributed by atoms with Gasteiger partial charge in [-0.3, -0.25) is 0 Å². The summed E-state index contributed by atoms with van der Waals surface area (Å²) in [5, 5.41) is 2.31. The number of pyridine rings is 1. The summed E-state index contributed by atoms with van der Waals surface area (Å²) in [6, 6.07) is 14.5. The van der Waals surface area contributed by atoms with E-state index in [1.165, 1.54) is 65.4 Å². The van der Waals surface area contributed by atoms with Crippen molar-refractivity contribution in [2.24, 2.45) is 7.05 Å². The van der Waals surface area contributed by atoms with Crippen molar-refractivity contribution in [1.29, 1.82) is 0 Å². The van der Waals surface area contributed by atoms with E-state index in [4.69, 9.17) is 1.37 Å². The van der Waals surface area contributed by atoms with E-state index < -0.39 is 0 Å². The molecule has 0 spiro atoms. The van der Waals surface area contributed by atoms with Gasteiger partial charge in [-0.05, 0) is 65.8 Å². The van der Waals surface area contributed by atoms with Crippen molar-refractivity contribution in [2.45, 2.75) is 71.6 Å². The molecule has 0 amide bonds. The van der Waals surface area contributed by atoms with Crippen LogP contribution in [0.25, 0.3) is 22.0 Å². The summed E-state index contributed by atoms with van der Waals surface area (Å²) in [6.07, 6.45) is 6.64. The number of hydrogen-bond donors (Lipinski definition) is 0. The monoisotopic (exact) mass is 373 g/mol. The maximum Gasteiger partial charge on any atom is 0.220 e. The van der Waals surface area contributed by atoms with Crippen LogP contribution in [0.2, 0.25) is 0 Å². The number of fused-ring (bicyclic) bond motifs is 1. The van der Waals surface area contributed by atoms with Gasteiger partial charge < -0.3 is 0 Å². The number of benzene rings is 2. The highest BCUT2D eigenvalue weighted by Crippen LogP contribution is 2.36. The zero-order valence-corrected chi connectivity index (χ0v) is 18.1. The first-order chi connectivity index (χ1) is 13.9. The molecule has 1 aliphatic rings. The lowest BCUT2D eigenvalue weighted by Gasteiger charge is -2.22. The molecule has 1 saturated carbocycles. The molecular formula is C27H34N+. The first kappa shape index (κ1) is 17.9. The molecule has 146 valence electrons. The third-order valence-electron chi connectivity index (χ3n) is 6.71. The quantitative estimate of drug-likeness (QED) is 0.430. The minimum absolute atomic E-state index is 0.500. The van der Waals surface area contributed by atoms with Crippen molar-refractivity contribution in [3.63, 3.8) is 0 Å². The van der Waals surface area contributed by atoms with Crippen LogP contribution in [0.15, 0.2) is 42.4 Å². The molecule has 28 heavy (non-hydrogen) atoms. The number of aryl methyl sites for hydroxylation is 1. The molecule has 0 aliphatic heterocycles. The van der Waals surface area contributed by atoms with Crippen molar-refractivity contribution >= 4 is 10.8 Å². The largest absolute Gasteiger partial charge is 0.220 e. The van der Waals surface area contributed by atoms with Crippen LogP contribution in [0.1, 0.15) is 81.5 Å². The Kier molecular flexibility index (Phi) is 4.93. The highest BCUT2D eigenvalue weighted by molar-refractivity contribution is 5.94. The van der Waals surface area contributed by atoms with E-state index in [0.29, 0.717) is 17.9 Å². The van der Waals surface area contributed by atoms with Crippen LogP contribution >= 0.6 is 0 Å². The lowest BCUT2D eigenvalue weighted by atomic mass is 9.83. The second-order valence-electron chi connectivity index (χ2n) is 8.99. The maximum atomic E-state index is 8.84. The fourth-order valence-corrected chi connectivity index (χ4v) is 4.77. The second kappa shape index (κ2) is 7.70. The molecule has 1 nitrogen and oxygen atoms in total. The SMILES string of the molecule is [2H]c1c(C)[n+](C)c(-c2cc(C(C)C)ccc2C)c2ccc(C3CCCCC3)cc12. The van der Waals surface area contributed by atoms with Crippen molar-refractivity contribution in [2.75, 3.05) is 0 Å². The molecule has 0 unspecified atom stereocenters. The summed E-state index contributed by atoms with van der Waals surface area (Å²) < 4.78 is 11.1. The molecule has 2 aromatic carbocycles. The third kappa shape index (κ3) is 3.48. The molecule has 3 aromatic rings. The molecule has 1 fully saturated rings. The molecule has 0 bridgehead atoms. The lowest BCUT2D eigenvalue weighted by molar-refractivity contribution is -0.665. The molecule has 0 saturated heterocycles. The molecule has 1 aromatic heterocycles. The average molecular weight is 374 g/mol. The molecule has 1 heteroatoms. The average Bonchev–Trinajstić information content (AvgIpc) is 2.73. The van der Waals surface area contributed by atoms with Gasteiger partial charge in [-0.1, -0.05) is 57.4 Å². The smallest absolute Gasteiger partial charge is 0.198 e. The van der Waals surface area contributed by atoms with Gasteiger partial charge in [0.1, 0.15) is 7.05 Å². The number of nitrogens with zero attached hydrogens (tertiary/aromatic N) is 1. The second-order valence-corrected chi connectivity index (χ2v) is 8.99. The predicted octanol–water partition coefficient (Wildman–Crippen LogP) is 7.12. The van der Waals surface area contributed by atoms with Gasteiger partial charge in [0.2, 0.25) is 5.69 Å². The minimum Gasteiger partial charge on any atom is -0.198 e. The van der Waals surface area contributed by atoms with Crippen molar-refractivity contribution < 1.29 is 5.94 Å². The van der Waals surface area contributed by atoms with Gasteiger partial charge in [0, 0.05) is 18.5 Å². The molecule has 0 radical (unpaired) electrons. The Bertz CT molecular complexity index is 1060. The van der Waals surface area contributed by atoms with Crippen molar-refractivity contribution in [3.05, 3.63) is 64.8 Å². The van der Waals surface area contributed by atoms with Gasteiger partial charge in [0.05, 0.1) is 6.76 Å². The molecule has 0 N–H and O–H groups in total. The fraction of sp³-hybridized carbons (Fsp3) is 0.444. The topological polar surface area (TPSA) is 3.88 Å². The molecule has 0 atom stereocenters. The maximum absolute atomic E-state index is 8.84. The van der Waals surface area contributed by atoms with Gasteiger partial charge in [0.25, 0.3) is 0 Å². The summed E-state index contributed by atoms with van der Waals surface area (Å²) in [5.74, 6) is 1.16. The van der Waals surface area contributed by atoms with E-state index in [-0.39, 0.29) is 0 Å². The van der Waals surface area contributed by atoms with E-state index in [9.17, 15) is 0 Å². The van der Waals surface area contributed by atoms with Crippen LogP contribution in [-0.4, -0.2) is 0 Å². The van der Waals surface area contributed by atoms with Gasteiger partial charge in [-0.15, -0.1) is 0 Å². The van der Waals surface area contributed by atoms with E-state index in [0.717, 1.165) is 11.1 Å². The Hall–Kier alpha value is -2.15. The van der Waals surface area contributed by atoms with Gasteiger partial charge in [-0.2, -0.15) is 4.57 Å². The summed E-state index contributed by atoms with van der Waals surface area (Å²) in [4.78, 5) is 0. The predicted molar refractivity (Wildman–Crippen MR) is 120 cm³/mol. The third-order valence-corrected chi connectivity index (χ3v) is 6.71. The number of aromatic nitrogens is 1. The Labute approximate surface area is 171 Å². The first-order valence-corrected chi connectivity index (χ1v) is 10.9. The van der Waals surface area contributed by atoms with Gasteiger partial charge >= 0.3 is 0 Å². The van der Waals surface area contributed by atoms with Crippen LogP contribution in [0.5, 0.6) is 0 Å². The first-order valence-electron chi connectivity index (χ1n) is 11.4. The molecule has 4 rings (SSSR count). The highest BCUT2D eigenvalue weighted by Gasteiger charge is 2.22. The Morgan fingerprint density at radius 1 is 1.00 bits per heavy atom.